The maximum absolute atomic E-state index is 14.0. The second-order valence-electron chi connectivity index (χ2n) is 12.8. The minimum absolute atomic E-state index is 0.0864. The first-order chi connectivity index (χ1) is 20.8. The van der Waals surface area contributed by atoms with E-state index < -0.39 is 76.9 Å². The highest BCUT2D eigenvalue weighted by molar-refractivity contribution is 6.21. The number of carbonyl (C=O) groups is 5. The number of benzene rings is 1. The van der Waals surface area contributed by atoms with E-state index in [1.165, 1.54) is 14.1 Å². The molecule has 6 atom stereocenters. The molecule has 0 aliphatic carbocycles. The van der Waals surface area contributed by atoms with Gasteiger partial charge in [-0.25, -0.2) is 0 Å². The SMILES string of the molecule is CNC(C(=O)N[C@H](Cc1ccccc1)C(=O)N(C)[C@H](C(=O)C(C)(O)C(=O)C(O)([C]=O)CC(=O)[C@@H](NC)C(C)C)C(C)C)C(C)C. The number of aliphatic hydroxyl groups is 2. The number of carbonyl (C=O) groups excluding carboxylic acids is 6. The molecule has 0 aliphatic rings. The lowest BCUT2D eigenvalue weighted by molar-refractivity contribution is -0.164. The van der Waals surface area contributed by atoms with Gasteiger partial charge in [0, 0.05) is 13.5 Å². The summed E-state index contributed by atoms with van der Waals surface area (Å²) in [7, 11) is 4.45. The smallest absolute Gasteiger partial charge is 0.245 e. The molecule has 1 radical (unpaired) electrons. The predicted octanol–water partition coefficient (Wildman–Crippen LogP) is 0.374. The Bertz CT molecular complexity index is 1200. The molecule has 0 fully saturated rings. The Morgan fingerprint density at radius 3 is 1.80 bits per heavy atom. The van der Waals surface area contributed by atoms with Gasteiger partial charge in [0.25, 0.3) is 0 Å². The molecule has 0 aliphatic heterocycles. The summed E-state index contributed by atoms with van der Waals surface area (Å²) < 4.78 is 0. The molecular weight excluding hydrogens is 580 g/mol. The Morgan fingerprint density at radius 2 is 1.38 bits per heavy atom. The third-order valence-electron chi connectivity index (χ3n) is 8.04. The molecule has 1 aromatic rings. The van der Waals surface area contributed by atoms with Gasteiger partial charge in [0.1, 0.15) is 6.04 Å². The largest absolute Gasteiger partial charge is 0.375 e. The van der Waals surface area contributed by atoms with Gasteiger partial charge >= 0.3 is 0 Å². The number of rotatable bonds is 19. The summed E-state index contributed by atoms with van der Waals surface area (Å²) in [5.74, 6) is -5.61. The van der Waals surface area contributed by atoms with Crippen LogP contribution in [0.2, 0.25) is 0 Å². The van der Waals surface area contributed by atoms with Crippen molar-refractivity contribution < 1.29 is 39.0 Å². The Labute approximate surface area is 266 Å². The molecule has 251 valence electrons. The summed E-state index contributed by atoms with van der Waals surface area (Å²) in [6.45, 7) is 11.1. The van der Waals surface area contributed by atoms with Crippen LogP contribution >= 0.6 is 0 Å². The minimum atomic E-state index is -3.12. The third-order valence-corrected chi connectivity index (χ3v) is 8.04. The Hall–Kier alpha value is -3.32. The van der Waals surface area contributed by atoms with Crippen LogP contribution in [-0.2, 0) is 35.2 Å². The molecule has 0 bridgehead atoms. The highest BCUT2D eigenvalue weighted by atomic mass is 16.3. The molecule has 12 nitrogen and oxygen atoms in total. The molecular formula is C33H51N4O8. The van der Waals surface area contributed by atoms with E-state index in [9.17, 15) is 39.0 Å². The summed E-state index contributed by atoms with van der Waals surface area (Å²) in [6, 6.07) is 4.97. The van der Waals surface area contributed by atoms with Crippen LogP contribution < -0.4 is 16.0 Å². The zero-order chi connectivity index (χ0) is 34.9. The van der Waals surface area contributed by atoms with Crippen molar-refractivity contribution in [3.63, 3.8) is 0 Å². The standard InChI is InChI=1S/C33H51N4O8/c1-19(2)25(34-8)24(39)17-33(45,18-38)31(43)32(7,44)28(40)27(21(5)6)37(10)30(42)23(16-22-14-12-11-13-15-22)36-29(41)26(35-9)20(3)4/h11-15,19-21,23,25-27,34-35,44-45H,16-17H2,1-10H3,(H,36,41)/t23-,25+,26?,27+,32?,33?/m1/s1. The van der Waals surface area contributed by atoms with Crippen molar-refractivity contribution in [3.8, 4) is 0 Å². The van der Waals surface area contributed by atoms with Gasteiger partial charge in [-0.3, -0.25) is 28.8 Å². The maximum atomic E-state index is 14.0. The highest BCUT2D eigenvalue weighted by Gasteiger charge is 2.55. The number of ketones is 3. The van der Waals surface area contributed by atoms with E-state index in [1.54, 1.807) is 65.1 Å². The molecule has 45 heavy (non-hydrogen) atoms. The number of likely N-dealkylation sites (N-methyl/N-ethyl adjacent to an activating group) is 3. The number of hydrogen-bond acceptors (Lipinski definition) is 10. The summed E-state index contributed by atoms with van der Waals surface area (Å²) in [5.41, 5.74) is -5.37. The molecule has 0 saturated carbocycles. The third kappa shape index (κ3) is 9.83. The van der Waals surface area contributed by atoms with E-state index in [0.29, 0.717) is 0 Å². The fourth-order valence-corrected chi connectivity index (χ4v) is 5.58. The molecule has 1 rings (SSSR count). The fourth-order valence-electron chi connectivity index (χ4n) is 5.58. The average Bonchev–Trinajstić information content (AvgIpc) is 2.96. The summed E-state index contributed by atoms with van der Waals surface area (Å²) in [6.07, 6.45) is 0.231. The lowest BCUT2D eigenvalue weighted by atomic mass is 9.77. The molecule has 0 aromatic heterocycles. The van der Waals surface area contributed by atoms with Crippen LogP contribution in [0.25, 0.3) is 0 Å². The molecule has 12 heteroatoms. The average molecular weight is 632 g/mol. The van der Waals surface area contributed by atoms with Gasteiger partial charge < -0.3 is 31.1 Å². The molecule has 3 unspecified atom stereocenters. The Morgan fingerprint density at radius 1 is 0.867 bits per heavy atom. The van der Waals surface area contributed by atoms with E-state index in [2.05, 4.69) is 16.0 Å². The quantitative estimate of drug-likeness (QED) is 0.134. The van der Waals surface area contributed by atoms with E-state index >= 15 is 0 Å². The van der Waals surface area contributed by atoms with Crippen LogP contribution in [0, 0.1) is 17.8 Å². The van der Waals surface area contributed by atoms with Crippen LogP contribution in [0.1, 0.15) is 60.5 Å². The summed E-state index contributed by atoms with van der Waals surface area (Å²) >= 11 is 0. The van der Waals surface area contributed by atoms with Gasteiger partial charge in [0.2, 0.25) is 23.9 Å². The van der Waals surface area contributed by atoms with Gasteiger partial charge in [0.05, 0.1) is 24.5 Å². The fraction of sp³-hybridized carbons (Fsp3) is 0.636. The number of nitrogens with one attached hydrogen (secondary N) is 3. The molecule has 0 heterocycles. The van der Waals surface area contributed by atoms with Gasteiger partial charge in [0.15, 0.2) is 22.8 Å². The van der Waals surface area contributed by atoms with Crippen LogP contribution in [0.4, 0.5) is 0 Å². The summed E-state index contributed by atoms with van der Waals surface area (Å²) in [4.78, 5) is 80.3. The van der Waals surface area contributed by atoms with Crippen molar-refractivity contribution in [2.75, 3.05) is 21.1 Å². The van der Waals surface area contributed by atoms with Gasteiger partial charge in [-0.1, -0.05) is 71.9 Å². The second-order valence-corrected chi connectivity index (χ2v) is 12.8. The predicted molar refractivity (Wildman–Crippen MR) is 170 cm³/mol. The molecule has 5 N–H and O–H groups in total. The van der Waals surface area contributed by atoms with E-state index in [1.807, 2.05) is 13.8 Å². The monoisotopic (exact) mass is 631 g/mol. The first-order valence-corrected chi connectivity index (χ1v) is 15.2. The zero-order valence-electron chi connectivity index (χ0n) is 28.1. The van der Waals surface area contributed by atoms with E-state index in [4.69, 9.17) is 0 Å². The minimum Gasteiger partial charge on any atom is -0.375 e. The van der Waals surface area contributed by atoms with Crippen LogP contribution in [0.15, 0.2) is 30.3 Å². The second kappa shape index (κ2) is 16.8. The lowest BCUT2D eigenvalue weighted by Crippen LogP contribution is -2.64. The van der Waals surface area contributed by atoms with Crippen molar-refractivity contribution in [1.29, 1.82) is 0 Å². The first kappa shape index (κ1) is 39.7. The van der Waals surface area contributed by atoms with Crippen molar-refractivity contribution in [2.24, 2.45) is 17.8 Å². The molecule has 1 aromatic carbocycles. The van der Waals surface area contributed by atoms with Gasteiger partial charge in [-0.05, 0) is 44.3 Å². The van der Waals surface area contributed by atoms with Gasteiger partial charge in [-0.2, -0.15) is 0 Å². The van der Waals surface area contributed by atoms with Crippen molar-refractivity contribution in [1.82, 2.24) is 20.9 Å². The Kier molecular flexibility index (Phi) is 14.9. The topological polar surface area (TPSA) is 182 Å². The van der Waals surface area contributed by atoms with Crippen molar-refractivity contribution >= 4 is 35.5 Å². The maximum Gasteiger partial charge on any atom is 0.245 e. The number of amides is 2. The van der Waals surface area contributed by atoms with E-state index in [0.717, 1.165) is 23.7 Å². The zero-order valence-corrected chi connectivity index (χ0v) is 28.1. The first-order valence-electron chi connectivity index (χ1n) is 15.2. The number of Topliss-reactive ketones (excluding diaryl/α,β-unsaturated/α-hetero) is 3. The van der Waals surface area contributed by atoms with Crippen LogP contribution in [0.5, 0.6) is 0 Å². The number of nitrogens with zero attached hydrogens (tertiary/aromatic N) is 1. The van der Waals surface area contributed by atoms with E-state index in [-0.39, 0.29) is 18.3 Å². The number of hydrogen-bond donors (Lipinski definition) is 5. The van der Waals surface area contributed by atoms with Crippen LogP contribution in [-0.4, -0.2) is 107 Å². The summed E-state index contributed by atoms with van der Waals surface area (Å²) in [5, 5.41) is 30.7. The molecule has 0 spiro atoms. The Balaban J connectivity index is 3.47. The van der Waals surface area contributed by atoms with Gasteiger partial charge in [-0.15, -0.1) is 0 Å². The molecule has 0 saturated heterocycles. The lowest BCUT2D eigenvalue weighted by Gasteiger charge is -2.38. The highest BCUT2D eigenvalue weighted by Crippen LogP contribution is 2.26. The van der Waals surface area contributed by atoms with Crippen molar-refractivity contribution in [2.45, 2.75) is 96.7 Å². The molecule has 2 amide bonds. The van der Waals surface area contributed by atoms with Crippen molar-refractivity contribution in [3.05, 3.63) is 35.9 Å². The normalized spacial score (nSPS) is 17.0. The van der Waals surface area contributed by atoms with Crippen LogP contribution in [0.3, 0.4) is 0 Å².